The molecule has 4 heterocycles. The van der Waals surface area contributed by atoms with E-state index in [4.69, 9.17) is 4.74 Å². The zero-order valence-corrected chi connectivity index (χ0v) is 14.8. The van der Waals surface area contributed by atoms with Gasteiger partial charge in [0.2, 0.25) is 0 Å². The Bertz CT molecular complexity index is 1220. The number of hydrazine groups is 1. The quantitative estimate of drug-likeness (QED) is 0.420. The molecule has 5 rings (SSSR count). The van der Waals surface area contributed by atoms with Crippen molar-refractivity contribution in [3.05, 3.63) is 66.0 Å². The highest BCUT2D eigenvalue weighted by Gasteiger charge is 2.27. The Morgan fingerprint density at radius 3 is 3.14 bits per heavy atom. The molecule has 0 saturated heterocycles. The average molecular weight is 376 g/mol. The van der Waals surface area contributed by atoms with Crippen LogP contribution in [-0.2, 0) is 0 Å². The van der Waals surface area contributed by atoms with Crippen LogP contribution in [0.5, 0.6) is 5.75 Å². The lowest BCUT2D eigenvalue weighted by molar-refractivity contribution is 0.0965. The summed E-state index contributed by atoms with van der Waals surface area (Å²) in [6.07, 6.45) is 8.32. The van der Waals surface area contributed by atoms with Crippen molar-refractivity contribution in [2.24, 2.45) is 0 Å². The number of aromatic nitrogens is 5. The molecule has 0 saturated carbocycles. The highest BCUT2D eigenvalue weighted by molar-refractivity contribution is 6.00. The molecule has 140 valence electrons. The van der Waals surface area contributed by atoms with Gasteiger partial charge in [-0.15, -0.1) is 0 Å². The molecular weight excluding hydrogens is 360 g/mol. The number of H-pyrrole nitrogens is 1. The minimum absolute atomic E-state index is 0.293. The number of benzene rings is 1. The topological polar surface area (TPSA) is 121 Å². The van der Waals surface area contributed by atoms with Crippen molar-refractivity contribution in [3.63, 3.8) is 0 Å². The predicted octanol–water partition coefficient (Wildman–Crippen LogP) is 1.03. The molecule has 1 unspecified atom stereocenters. The molecule has 0 radical (unpaired) electrons. The van der Waals surface area contributed by atoms with Crippen LogP contribution in [-0.4, -0.2) is 37.8 Å². The summed E-state index contributed by atoms with van der Waals surface area (Å²) >= 11 is 0. The van der Waals surface area contributed by atoms with Crippen LogP contribution in [0, 0.1) is 0 Å². The maximum atomic E-state index is 12.8. The summed E-state index contributed by atoms with van der Waals surface area (Å²) < 4.78 is 7.10. The summed E-state index contributed by atoms with van der Waals surface area (Å²) in [5.74, 6) is 0.384. The third-order valence-corrected chi connectivity index (χ3v) is 4.65. The number of fused-ring (bicyclic) bond motifs is 2. The van der Waals surface area contributed by atoms with E-state index in [0.29, 0.717) is 22.7 Å². The normalized spacial score (nSPS) is 16.2. The Balaban J connectivity index is 1.47. The zero-order valence-electron chi connectivity index (χ0n) is 14.8. The molecule has 3 aromatic heterocycles. The van der Waals surface area contributed by atoms with E-state index in [-0.39, 0.29) is 11.9 Å². The van der Waals surface area contributed by atoms with E-state index < -0.39 is 0 Å². The summed E-state index contributed by atoms with van der Waals surface area (Å²) in [6, 6.07) is 5.29. The van der Waals surface area contributed by atoms with Gasteiger partial charge < -0.3 is 15.5 Å². The van der Waals surface area contributed by atoms with Gasteiger partial charge in [0.25, 0.3) is 5.91 Å². The number of hydrogen-bond donors (Lipinski definition) is 4. The van der Waals surface area contributed by atoms with E-state index in [0.717, 1.165) is 16.5 Å². The second-order valence-corrected chi connectivity index (χ2v) is 6.27. The first kappa shape index (κ1) is 16.3. The van der Waals surface area contributed by atoms with Crippen molar-refractivity contribution in [2.45, 2.75) is 6.04 Å². The first-order valence-corrected chi connectivity index (χ1v) is 8.56. The number of ether oxygens (including phenoxy) is 1. The smallest absolute Gasteiger partial charge is 0.261 e. The Morgan fingerprint density at radius 1 is 1.32 bits per heavy atom. The first-order chi connectivity index (χ1) is 13.7. The predicted molar refractivity (Wildman–Crippen MR) is 100 cm³/mol. The van der Waals surface area contributed by atoms with Gasteiger partial charge in [0.15, 0.2) is 5.65 Å². The van der Waals surface area contributed by atoms with Gasteiger partial charge in [0, 0.05) is 35.6 Å². The number of rotatable bonds is 4. The summed E-state index contributed by atoms with van der Waals surface area (Å²) in [4.78, 5) is 17.1. The summed E-state index contributed by atoms with van der Waals surface area (Å²) in [6.45, 7) is 0. The highest BCUT2D eigenvalue weighted by Crippen LogP contribution is 2.33. The number of nitrogens with one attached hydrogen (secondary N) is 4. The zero-order chi connectivity index (χ0) is 19.1. The van der Waals surface area contributed by atoms with Crippen LogP contribution in [0.25, 0.3) is 16.6 Å². The maximum Gasteiger partial charge on any atom is 0.261 e. The van der Waals surface area contributed by atoms with Crippen molar-refractivity contribution < 1.29 is 9.53 Å². The largest absolute Gasteiger partial charge is 0.496 e. The number of methoxy groups -OCH3 is 1. The van der Waals surface area contributed by atoms with Crippen LogP contribution in [0.15, 0.2) is 54.9 Å². The first-order valence-electron chi connectivity index (χ1n) is 8.56. The number of hydrogen-bond acceptors (Lipinski definition) is 7. The minimum Gasteiger partial charge on any atom is -0.496 e. The van der Waals surface area contributed by atoms with Crippen LogP contribution in [0.1, 0.15) is 22.0 Å². The molecule has 1 atom stereocenters. The van der Waals surface area contributed by atoms with Gasteiger partial charge in [0.1, 0.15) is 11.3 Å². The Hall–Kier alpha value is -3.92. The summed E-state index contributed by atoms with van der Waals surface area (Å²) in [5, 5.41) is 15.0. The molecule has 10 heteroatoms. The molecule has 1 amide bonds. The molecule has 1 aliphatic heterocycles. The van der Waals surface area contributed by atoms with Gasteiger partial charge in [-0.3, -0.25) is 9.89 Å². The Morgan fingerprint density at radius 2 is 2.25 bits per heavy atom. The van der Waals surface area contributed by atoms with E-state index in [9.17, 15) is 4.79 Å². The highest BCUT2D eigenvalue weighted by atomic mass is 16.5. The third-order valence-electron chi connectivity index (χ3n) is 4.65. The third kappa shape index (κ3) is 2.55. The van der Waals surface area contributed by atoms with Crippen molar-refractivity contribution in [2.75, 3.05) is 7.11 Å². The molecule has 1 aromatic carbocycles. The molecule has 4 N–H and O–H groups in total. The standard InChI is InChI=1S/C18H16N8O2/c1-28-15-6-13-10(7-20-24-13)5-11(15)16-14(9-21-25-16)23-18(27)12-8-22-26-4-2-3-19-17(12)26/h2-9,16,21,25H,1H3,(H,20,24)(H,23,27). The molecule has 0 fully saturated rings. The molecular formula is C18H16N8O2. The van der Waals surface area contributed by atoms with Crippen molar-refractivity contribution in [1.82, 2.24) is 41.0 Å². The van der Waals surface area contributed by atoms with E-state index in [1.807, 2.05) is 12.1 Å². The van der Waals surface area contributed by atoms with Gasteiger partial charge in [-0.05, 0) is 12.1 Å². The molecule has 0 spiro atoms. The van der Waals surface area contributed by atoms with Crippen molar-refractivity contribution >= 4 is 22.5 Å². The van der Waals surface area contributed by atoms with Gasteiger partial charge in [0.05, 0.1) is 36.8 Å². The molecule has 10 nitrogen and oxygen atoms in total. The van der Waals surface area contributed by atoms with E-state index >= 15 is 0 Å². The lowest BCUT2D eigenvalue weighted by atomic mass is 10.0. The lowest BCUT2D eigenvalue weighted by Crippen LogP contribution is -2.31. The molecule has 0 bridgehead atoms. The lowest BCUT2D eigenvalue weighted by Gasteiger charge is -2.18. The van der Waals surface area contributed by atoms with Crippen LogP contribution in [0.4, 0.5) is 0 Å². The van der Waals surface area contributed by atoms with Crippen LogP contribution in [0.3, 0.4) is 0 Å². The van der Waals surface area contributed by atoms with Gasteiger partial charge in [-0.25, -0.2) is 14.9 Å². The van der Waals surface area contributed by atoms with Crippen LogP contribution >= 0.6 is 0 Å². The Kier molecular flexibility index (Phi) is 3.69. The monoisotopic (exact) mass is 376 g/mol. The maximum absolute atomic E-state index is 12.8. The fourth-order valence-corrected chi connectivity index (χ4v) is 3.29. The van der Waals surface area contributed by atoms with E-state index in [1.165, 1.54) is 6.20 Å². The average Bonchev–Trinajstić information content (AvgIpc) is 3.45. The second kappa shape index (κ2) is 6.35. The van der Waals surface area contributed by atoms with Crippen LogP contribution in [0.2, 0.25) is 0 Å². The van der Waals surface area contributed by atoms with E-state index in [2.05, 4.69) is 36.4 Å². The summed E-state index contributed by atoms with van der Waals surface area (Å²) in [7, 11) is 1.61. The van der Waals surface area contributed by atoms with Gasteiger partial charge in [-0.1, -0.05) is 0 Å². The number of amides is 1. The van der Waals surface area contributed by atoms with Crippen LogP contribution < -0.4 is 20.9 Å². The summed E-state index contributed by atoms with van der Waals surface area (Å²) in [5.41, 5.74) is 9.38. The minimum atomic E-state index is -0.312. The molecule has 28 heavy (non-hydrogen) atoms. The number of carbonyl (C=O) groups is 1. The van der Waals surface area contributed by atoms with Crippen molar-refractivity contribution in [1.29, 1.82) is 0 Å². The van der Waals surface area contributed by atoms with E-state index in [1.54, 1.807) is 42.5 Å². The van der Waals surface area contributed by atoms with Gasteiger partial charge in [-0.2, -0.15) is 10.2 Å². The number of nitrogens with zero attached hydrogens (tertiary/aromatic N) is 4. The Labute approximate surface area is 158 Å². The fraction of sp³-hybridized carbons (Fsp3) is 0.111. The molecule has 0 aliphatic carbocycles. The number of carbonyl (C=O) groups excluding carboxylic acids is 1. The number of aromatic amines is 1. The van der Waals surface area contributed by atoms with Gasteiger partial charge >= 0.3 is 0 Å². The second-order valence-electron chi connectivity index (χ2n) is 6.27. The van der Waals surface area contributed by atoms with Crippen molar-refractivity contribution in [3.8, 4) is 5.75 Å². The fourth-order valence-electron chi connectivity index (χ4n) is 3.29. The SMILES string of the molecule is COc1cc2[nH]ncc2cc1C1NNC=C1NC(=O)c1cnn2cccnc12. The molecule has 4 aromatic rings. The molecule has 1 aliphatic rings.